The topological polar surface area (TPSA) is 93.5 Å². The molecule has 2 aliphatic rings. The predicted octanol–water partition coefficient (Wildman–Crippen LogP) is -0.129. The third-order valence-electron chi connectivity index (χ3n) is 4.27. The Balaban J connectivity index is 1.57. The summed E-state index contributed by atoms with van der Waals surface area (Å²) < 4.78 is 32.5. The number of amides is 2. The monoisotopic (exact) mass is 342 g/mol. The molecule has 1 spiro atoms. The van der Waals surface area contributed by atoms with Crippen molar-refractivity contribution in [2.75, 3.05) is 32.0 Å². The zero-order chi connectivity index (χ0) is 16.5. The zero-order valence-corrected chi connectivity index (χ0v) is 14.0. The molecule has 0 bridgehead atoms. The SMILES string of the molecule is CCCNC(=O)N1CC2(C1)CS(=O)(=O)[C@@H](Cn1cccn1)CO2. The van der Waals surface area contributed by atoms with Gasteiger partial charge in [-0.1, -0.05) is 6.92 Å². The Labute approximate surface area is 135 Å². The van der Waals surface area contributed by atoms with Crippen molar-refractivity contribution >= 4 is 15.9 Å². The van der Waals surface area contributed by atoms with Crippen molar-refractivity contribution < 1.29 is 17.9 Å². The molecule has 2 fully saturated rings. The van der Waals surface area contributed by atoms with Crippen molar-refractivity contribution in [3.8, 4) is 0 Å². The molecule has 23 heavy (non-hydrogen) atoms. The van der Waals surface area contributed by atoms with Gasteiger partial charge in [-0.2, -0.15) is 5.10 Å². The molecule has 2 amide bonds. The van der Waals surface area contributed by atoms with Gasteiger partial charge in [-0.3, -0.25) is 4.68 Å². The van der Waals surface area contributed by atoms with Crippen molar-refractivity contribution in [3.05, 3.63) is 18.5 Å². The minimum Gasteiger partial charge on any atom is -0.369 e. The van der Waals surface area contributed by atoms with Crippen molar-refractivity contribution in [2.45, 2.75) is 30.7 Å². The van der Waals surface area contributed by atoms with Crippen LogP contribution in [0, 0.1) is 0 Å². The fourth-order valence-corrected chi connectivity index (χ4v) is 4.89. The molecule has 128 valence electrons. The van der Waals surface area contributed by atoms with E-state index < -0.39 is 20.7 Å². The van der Waals surface area contributed by atoms with Crippen molar-refractivity contribution in [3.63, 3.8) is 0 Å². The van der Waals surface area contributed by atoms with E-state index in [0.29, 0.717) is 26.2 Å². The second-order valence-electron chi connectivity index (χ2n) is 6.24. The van der Waals surface area contributed by atoms with Crippen LogP contribution in [0.25, 0.3) is 0 Å². The molecule has 1 aromatic rings. The number of rotatable bonds is 4. The number of ether oxygens (including phenoxy) is 1. The van der Waals surface area contributed by atoms with Gasteiger partial charge >= 0.3 is 6.03 Å². The molecule has 0 saturated carbocycles. The van der Waals surface area contributed by atoms with Gasteiger partial charge in [0, 0.05) is 18.9 Å². The molecular formula is C14H22N4O4S. The predicted molar refractivity (Wildman–Crippen MR) is 83.7 cm³/mol. The molecule has 0 unspecified atom stereocenters. The Bertz CT molecular complexity index is 652. The normalized spacial score (nSPS) is 25.1. The Morgan fingerprint density at radius 3 is 2.87 bits per heavy atom. The number of hydrogen-bond acceptors (Lipinski definition) is 5. The van der Waals surface area contributed by atoms with Gasteiger partial charge in [0.2, 0.25) is 0 Å². The van der Waals surface area contributed by atoms with E-state index in [2.05, 4.69) is 10.4 Å². The maximum absolute atomic E-state index is 12.5. The van der Waals surface area contributed by atoms with Crippen LogP contribution < -0.4 is 5.32 Å². The number of carbonyl (C=O) groups excluding carboxylic acids is 1. The highest BCUT2D eigenvalue weighted by Crippen LogP contribution is 2.32. The second kappa shape index (κ2) is 6.12. The van der Waals surface area contributed by atoms with Gasteiger partial charge in [-0.25, -0.2) is 13.2 Å². The number of hydrogen-bond donors (Lipinski definition) is 1. The lowest BCUT2D eigenvalue weighted by molar-refractivity contribution is -0.118. The second-order valence-corrected chi connectivity index (χ2v) is 8.52. The molecular weight excluding hydrogens is 320 g/mol. The standard InChI is InChI=1S/C14H22N4O4S/c1-2-4-15-13(19)17-9-14(10-17)11-23(20,21)12(8-22-14)7-18-6-3-5-16-18/h3,5-6,12H,2,4,7-11H2,1H3,(H,15,19)/t12-/m0/s1. The molecule has 3 heterocycles. The van der Waals surface area contributed by atoms with Gasteiger partial charge in [-0.15, -0.1) is 0 Å². The highest BCUT2D eigenvalue weighted by molar-refractivity contribution is 7.92. The Morgan fingerprint density at radius 2 is 2.26 bits per heavy atom. The lowest BCUT2D eigenvalue weighted by Gasteiger charge is -2.51. The van der Waals surface area contributed by atoms with Crippen molar-refractivity contribution in [2.24, 2.45) is 0 Å². The fourth-order valence-electron chi connectivity index (χ4n) is 3.00. The molecule has 9 heteroatoms. The first-order valence-corrected chi connectivity index (χ1v) is 9.51. The van der Waals surface area contributed by atoms with E-state index in [-0.39, 0.29) is 18.4 Å². The molecule has 3 rings (SSSR count). The maximum Gasteiger partial charge on any atom is 0.317 e. The third-order valence-corrected chi connectivity index (χ3v) is 6.50. The molecule has 2 saturated heterocycles. The van der Waals surface area contributed by atoms with E-state index in [0.717, 1.165) is 6.42 Å². The Hall–Kier alpha value is -1.61. The van der Waals surface area contributed by atoms with Crippen LogP contribution in [0.3, 0.4) is 0 Å². The first-order chi connectivity index (χ1) is 10.9. The third kappa shape index (κ3) is 3.35. The van der Waals surface area contributed by atoms with Crippen LogP contribution in [0.4, 0.5) is 4.79 Å². The lowest BCUT2D eigenvalue weighted by Crippen LogP contribution is -2.71. The van der Waals surface area contributed by atoms with E-state index in [4.69, 9.17) is 4.74 Å². The van der Waals surface area contributed by atoms with E-state index in [1.54, 1.807) is 28.0 Å². The van der Waals surface area contributed by atoms with Crippen LogP contribution >= 0.6 is 0 Å². The van der Waals surface area contributed by atoms with Crippen molar-refractivity contribution in [1.82, 2.24) is 20.0 Å². The molecule has 1 N–H and O–H groups in total. The number of nitrogens with one attached hydrogen (secondary N) is 1. The molecule has 8 nitrogen and oxygen atoms in total. The summed E-state index contributed by atoms with van der Waals surface area (Å²) in [6.45, 7) is 3.70. The molecule has 0 aliphatic carbocycles. The fraction of sp³-hybridized carbons (Fsp3) is 0.714. The summed E-state index contributed by atoms with van der Waals surface area (Å²) >= 11 is 0. The first kappa shape index (κ1) is 16.3. The number of urea groups is 1. The molecule has 0 radical (unpaired) electrons. The van der Waals surface area contributed by atoms with E-state index in [1.807, 2.05) is 6.92 Å². The number of aromatic nitrogens is 2. The quantitative estimate of drug-likeness (QED) is 0.823. The van der Waals surface area contributed by atoms with Gasteiger partial charge in [0.05, 0.1) is 32.0 Å². The van der Waals surface area contributed by atoms with E-state index in [9.17, 15) is 13.2 Å². The van der Waals surface area contributed by atoms with Gasteiger partial charge in [0.25, 0.3) is 0 Å². The molecule has 0 aromatic carbocycles. The highest BCUT2D eigenvalue weighted by Gasteiger charge is 2.53. The Morgan fingerprint density at radius 1 is 1.48 bits per heavy atom. The summed E-state index contributed by atoms with van der Waals surface area (Å²) in [5, 5.41) is 6.24. The summed E-state index contributed by atoms with van der Waals surface area (Å²) in [6.07, 6.45) is 4.23. The highest BCUT2D eigenvalue weighted by atomic mass is 32.2. The maximum atomic E-state index is 12.5. The van der Waals surface area contributed by atoms with Crippen LogP contribution in [-0.4, -0.2) is 72.0 Å². The summed E-state index contributed by atoms with van der Waals surface area (Å²) in [4.78, 5) is 13.4. The van der Waals surface area contributed by atoms with Gasteiger partial charge in [0.1, 0.15) is 10.9 Å². The van der Waals surface area contributed by atoms with Crippen LogP contribution in [0.5, 0.6) is 0 Å². The van der Waals surface area contributed by atoms with Crippen molar-refractivity contribution in [1.29, 1.82) is 0 Å². The minimum atomic E-state index is -3.28. The summed E-state index contributed by atoms with van der Waals surface area (Å²) in [5.74, 6) is -0.0382. The van der Waals surface area contributed by atoms with Gasteiger partial charge in [-0.05, 0) is 12.5 Å². The summed E-state index contributed by atoms with van der Waals surface area (Å²) in [6, 6.07) is 1.61. The smallest absolute Gasteiger partial charge is 0.317 e. The van der Waals surface area contributed by atoms with Crippen LogP contribution in [-0.2, 0) is 21.1 Å². The van der Waals surface area contributed by atoms with Gasteiger partial charge < -0.3 is 15.0 Å². The molecule has 1 atom stereocenters. The minimum absolute atomic E-state index is 0.0382. The Kier molecular flexibility index (Phi) is 4.33. The van der Waals surface area contributed by atoms with Crippen LogP contribution in [0.2, 0.25) is 0 Å². The molecule has 2 aliphatic heterocycles. The zero-order valence-electron chi connectivity index (χ0n) is 13.1. The summed E-state index contributed by atoms with van der Waals surface area (Å²) in [7, 11) is -3.28. The number of carbonyl (C=O) groups is 1. The largest absolute Gasteiger partial charge is 0.369 e. The van der Waals surface area contributed by atoms with Crippen LogP contribution in [0.1, 0.15) is 13.3 Å². The van der Waals surface area contributed by atoms with E-state index in [1.165, 1.54) is 0 Å². The first-order valence-electron chi connectivity index (χ1n) is 7.80. The molecule has 1 aromatic heterocycles. The van der Waals surface area contributed by atoms with Gasteiger partial charge in [0.15, 0.2) is 9.84 Å². The number of sulfone groups is 1. The lowest BCUT2D eigenvalue weighted by atomic mass is 9.96. The average Bonchev–Trinajstić information content (AvgIpc) is 2.97. The summed E-state index contributed by atoms with van der Waals surface area (Å²) in [5.41, 5.74) is -0.733. The number of nitrogens with zero attached hydrogens (tertiary/aromatic N) is 3. The van der Waals surface area contributed by atoms with Crippen LogP contribution in [0.15, 0.2) is 18.5 Å². The number of likely N-dealkylation sites (tertiary alicyclic amines) is 1. The average molecular weight is 342 g/mol. The van der Waals surface area contributed by atoms with E-state index >= 15 is 0 Å².